The first-order valence-corrected chi connectivity index (χ1v) is 15.9. The van der Waals surface area contributed by atoms with E-state index < -0.39 is 28.5 Å². The van der Waals surface area contributed by atoms with Crippen molar-refractivity contribution in [3.63, 3.8) is 0 Å². The fourth-order valence-corrected chi connectivity index (χ4v) is 6.21. The fourth-order valence-electron chi connectivity index (χ4n) is 4.16. The van der Waals surface area contributed by atoms with Crippen molar-refractivity contribution in [1.82, 2.24) is 10.2 Å². The quantitative estimate of drug-likeness (QED) is 0.213. The number of hydrogen-bond donors (Lipinski definition) is 1. The number of aryl methyl sites for hydroxylation is 1. The van der Waals surface area contributed by atoms with Crippen molar-refractivity contribution in [2.75, 3.05) is 24.5 Å². The number of benzene rings is 3. The number of hydrogen-bond acceptors (Lipinski definition) is 5. The van der Waals surface area contributed by atoms with Crippen LogP contribution >= 0.6 is 34.8 Å². The van der Waals surface area contributed by atoms with Crippen LogP contribution in [0, 0.1) is 6.92 Å². The van der Waals surface area contributed by atoms with Gasteiger partial charge in [0.1, 0.15) is 18.3 Å². The molecular weight excluding hydrogens is 621 g/mol. The van der Waals surface area contributed by atoms with Gasteiger partial charge < -0.3 is 15.0 Å². The number of methoxy groups -OCH3 is 1. The number of carbonyl (C=O) groups is 2. The molecule has 0 saturated carbocycles. The van der Waals surface area contributed by atoms with E-state index in [1.807, 2.05) is 13.8 Å². The molecule has 3 aromatic rings. The molecule has 0 bridgehead atoms. The molecule has 0 saturated heterocycles. The second-order valence-corrected chi connectivity index (χ2v) is 12.9. The molecule has 0 aromatic heterocycles. The molecule has 0 aliphatic carbocycles. The summed E-state index contributed by atoms with van der Waals surface area (Å²) in [5.41, 5.74) is 1.48. The number of sulfonamides is 1. The van der Waals surface area contributed by atoms with Gasteiger partial charge in [0, 0.05) is 28.2 Å². The summed E-state index contributed by atoms with van der Waals surface area (Å²) in [5.74, 6) is -0.826. The Balaban J connectivity index is 2.09. The molecule has 0 aliphatic heterocycles. The molecule has 1 N–H and O–H groups in total. The summed E-state index contributed by atoms with van der Waals surface area (Å²) in [5, 5.41) is 3.81. The number of halogens is 3. The van der Waals surface area contributed by atoms with E-state index in [0.717, 1.165) is 22.7 Å². The Labute approximate surface area is 262 Å². The van der Waals surface area contributed by atoms with Gasteiger partial charge in [0.2, 0.25) is 11.8 Å². The van der Waals surface area contributed by atoms with Crippen molar-refractivity contribution >= 4 is 62.3 Å². The predicted molar refractivity (Wildman–Crippen MR) is 168 cm³/mol. The molecule has 0 radical (unpaired) electrons. The second-order valence-electron chi connectivity index (χ2n) is 9.72. The molecule has 1 atom stereocenters. The maximum atomic E-state index is 14.1. The second kappa shape index (κ2) is 15.0. The zero-order chi connectivity index (χ0) is 31.0. The molecule has 3 rings (SSSR count). The molecule has 0 spiro atoms. The third-order valence-electron chi connectivity index (χ3n) is 6.65. The lowest BCUT2D eigenvalue weighted by Gasteiger charge is -2.32. The standard InChI is InChI=1S/C30H34Cl3N3O5S/c1-5-6-15-34-30(38)21(3)35(18-22-9-10-23(31)16-26(22)33)29(37)19-36(27-17-24(32)11-14-28(27)41-4)42(39,40)25-12-7-20(2)8-13-25/h7-14,16-17,21H,5-6,15,18-19H2,1-4H3,(H,34,38)/t21-/m1/s1. The third kappa shape index (κ3) is 8.31. The number of ether oxygens (including phenoxy) is 1. The highest BCUT2D eigenvalue weighted by Gasteiger charge is 2.34. The maximum absolute atomic E-state index is 14.1. The zero-order valence-electron chi connectivity index (χ0n) is 23.9. The molecule has 0 unspecified atom stereocenters. The molecule has 0 aliphatic rings. The predicted octanol–water partition coefficient (Wildman–Crippen LogP) is 6.49. The van der Waals surface area contributed by atoms with Crippen LogP contribution in [0.2, 0.25) is 15.1 Å². The normalized spacial score (nSPS) is 12.0. The summed E-state index contributed by atoms with van der Waals surface area (Å²) in [6.45, 7) is 5.15. The SMILES string of the molecule is CCCCNC(=O)[C@@H](C)N(Cc1ccc(Cl)cc1Cl)C(=O)CN(c1cc(Cl)ccc1OC)S(=O)(=O)c1ccc(C)cc1. The van der Waals surface area contributed by atoms with E-state index in [2.05, 4.69) is 5.32 Å². The highest BCUT2D eigenvalue weighted by atomic mass is 35.5. The van der Waals surface area contributed by atoms with E-state index in [1.54, 1.807) is 37.3 Å². The summed E-state index contributed by atoms with van der Waals surface area (Å²) < 4.78 is 34.5. The van der Waals surface area contributed by atoms with Crippen molar-refractivity contribution in [2.24, 2.45) is 0 Å². The number of carbonyl (C=O) groups excluding carboxylic acids is 2. The van der Waals surface area contributed by atoms with Gasteiger partial charge in [0.15, 0.2) is 0 Å². The van der Waals surface area contributed by atoms with Crippen LogP contribution in [0.1, 0.15) is 37.8 Å². The van der Waals surface area contributed by atoms with Crippen LogP contribution in [0.3, 0.4) is 0 Å². The largest absolute Gasteiger partial charge is 0.495 e. The Morgan fingerprint density at radius 1 is 0.976 bits per heavy atom. The minimum absolute atomic E-state index is 0.0272. The Morgan fingerprint density at radius 3 is 2.24 bits per heavy atom. The summed E-state index contributed by atoms with van der Waals surface area (Å²) in [6.07, 6.45) is 1.65. The maximum Gasteiger partial charge on any atom is 0.264 e. The summed E-state index contributed by atoms with van der Waals surface area (Å²) in [7, 11) is -2.90. The Morgan fingerprint density at radius 2 is 1.62 bits per heavy atom. The summed E-state index contributed by atoms with van der Waals surface area (Å²) in [6, 6.07) is 14.6. The van der Waals surface area contributed by atoms with Gasteiger partial charge >= 0.3 is 0 Å². The van der Waals surface area contributed by atoms with Crippen molar-refractivity contribution in [2.45, 2.75) is 51.1 Å². The lowest BCUT2D eigenvalue weighted by molar-refractivity contribution is -0.139. The van der Waals surface area contributed by atoms with E-state index in [4.69, 9.17) is 39.5 Å². The molecule has 2 amide bonds. The monoisotopic (exact) mass is 653 g/mol. The van der Waals surface area contributed by atoms with Gasteiger partial charge in [-0.15, -0.1) is 0 Å². The van der Waals surface area contributed by atoms with Crippen LogP contribution < -0.4 is 14.4 Å². The molecule has 0 heterocycles. The van der Waals surface area contributed by atoms with Crippen LogP contribution in [-0.4, -0.2) is 51.4 Å². The van der Waals surface area contributed by atoms with Gasteiger partial charge in [-0.3, -0.25) is 13.9 Å². The first-order chi connectivity index (χ1) is 19.9. The van der Waals surface area contributed by atoms with Crippen molar-refractivity contribution in [3.8, 4) is 5.75 Å². The van der Waals surface area contributed by atoms with Crippen LogP contribution in [0.5, 0.6) is 5.75 Å². The number of amides is 2. The van der Waals surface area contributed by atoms with Crippen molar-refractivity contribution in [3.05, 3.63) is 86.9 Å². The van der Waals surface area contributed by atoms with Gasteiger partial charge in [-0.2, -0.15) is 0 Å². The highest BCUT2D eigenvalue weighted by Crippen LogP contribution is 2.35. The lowest BCUT2D eigenvalue weighted by Crippen LogP contribution is -2.51. The fraction of sp³-hybridized carbons (Fsp3) is 0.333. The molecule has 12 heteroatoms. The van der Waals surface area contributed by atoms with Crippen LogP contribution in [-0.2, 0) is 26.2 Å². The Hall–Kier alpha value is -2.98. The number of anilines is 1. The average molecular weight is 655 g/mol. The van der Waals surface area contributed by atoms with E-state index in [1.165, 1.54) is 42.3 Å². The van der Waals surface area contributed by atoms with Gasteiger partial charge in [0.25, 0.3) is 10.0 Å². The summed E-state index contributed by atoms with van der Waals surface area (Å²) >= 11 is 18.8. The van der Waals surface area contributed by atoms with E-state index in [0.29, 0.717) is 22.2 Å². The number of nitrogens with one attached hydrogen (secondary N) is 1. The number of nitrogens with zero attached hydrogens (tertiary/aromatic N) is 2. The first kappa shape index (κ1) is 33.5. The molecular formula is C30H34Cl3N3O5S. The third-order valence-corrected chi connectivity index (χ3v) is 9.25. The van der Waals surface area contributed by atoms with Crippen LogP contribution in [0.4, 0.5) is 5.69 Å². The molecule has 42 heavy (non-hydrogen) atoms. The van der Waals surface area contributed by atoms with Gasteiger partial charge in [-0.05, 0) is 68.3 Å². The Bertz CT molecular complexity index is 1520. The van der Waals surface area contributed by atoms with E-state index in [9.17, 15) is 18.0 Å². The van der Waals surface area contributed by atoms with Crippen molar-refractivity contribution < 1.29 is 22.7 Å². The highest BCUT2D eigenvalue weighted by molar-refractivity contribution is 7.92. The van der Waals surface area contributed by atoms with Gasteiger partial charge in [-0.1, -0.05) is 71.9 Å². The molecule has 226 valence electrons. The number of unbranched alkanes of at least 4 members (excludes halogenated alkanes) is 1. The van der Waals surface area contributed by atoms with E-state index in [-0.39, 0.29) is 33.8 Å². The molecule has 0 fully saturated rings. The zero-order valence-corrected chi connectivity index (χ0v) is 26.9. The van der Waals surface area contributed by atoms with Gasteiger partial charge in [-0.25, -0.2) is 8.42 Å². The van der Waals surface area contributed by atoms with Crippen LogP contribution in [0.15, 0.2) is 65.6 Å². The summed E-state index contributed by atoms with van der Waals surface area (Å²) in [4.78, 5) is 28.5. The smallest absolute Gasteiger partial charge is 0.264 e. The first-order valence-electron chi connectivity index (χ1n) is 13.3. The van der Waals surface area contributed by atoms with Crippen LogP contribution in [0.25, 0.3) is 0 Å². The lowest BCUT2D eigenvalue weighted by atomic mass is 10.1. The topological polar surface area (TPSA) is 96.0 Å². The minimum Gasteiger partial charge on any atom is -0.495 e. The van der Waals surface area contributed by atoms with Gasteiger partial charge in [0.05, 0.1) is 17.7 Å². The average Bonchev–Trinajstić information content (AvgIpc) is 2.95. The Kier molecular flexibility index (Phi) is 11.9. The molecule has 8 nitrogen and oxygen atoms in total. The van der Waals surface area contributed by atoms with Crippen molar-refractivity contribution in [1.29, 1.82) is 0 Å². The number of rotatable bonds is 13. The van der Waals surface area contributed by atoms with E-state index >= 15 is 0 Å². The molecule has 3 aromatic carbocycles. The minimum atomic E-state index is -4.30.